The maximum absolute atomic E-state index is 11.6. The smallest absolute Gasteiger partial charge is 0.0388 e. The number of nitrogens with one attached hydrogen (secondary N) is 1. The molecule has 0 aromatic rings. The van der Waals surface area contributed by atoms with Crippen molar-refractivity contribution in [3.8, 4) is 0 Å². The van der Waals surface area contributed by atoms with Crippen LogP contribution in [0.3, 0.4) is 0 Å². The highest BCUT2D eigenvalue weighted by atomic mass is 32.2. The van der Waals surface area contributed by atoms with E-state index in [-0.39, 0.29) is 0 Å². The molecule has 0 amide bonds. The van der Waals surface area contributed by atoms with E-state index in [2.05, 4.69) is 26.1 Å². The van der Waals surface area contributed by atoms with E-state index in [1.807, 2.05) is 0 Å². The molecule has 0 aliphatic rings. The van der Waals surface area contributed by atoms with Crippen molar-refractivity contribution in [1.29, 1.82) is 0 Å². The molecule has 0 radical (unpaired) electrons. The fraction of sp³-hybridized carbons (Fsp3) is 1.00. The van der Waals surface area contributed by atoms with Gasteiger partial charge in [-0.3, -0.25) is 4.21 Å². The monoisotopic (exact) mass is 219 g/mol. The van der Waals surface area contributed by atoms with E-state index in [0.29, 0.717) is 6.04 Å². The fourth-order valence-corrected chi connectivity index (χ4v) is 2.83. The van der Waals surface area contributed by atoms with Crippen LogP contribution in [0.2, 0.25) is 0 Å². The Balaban J connectivity index is 3.75. The van der Waals surface area contributed by atoms with Gasteiger partial charge >= 0.3 is 0 Å². The third kappa shape index (κ3) is 7.51. The van der Waals surface area contributed by atoms with Crippen molar-refractivity contribution in [2.24, 2.45) is 0 Å². The molecule has 0 aromatic carbocycles. The van der Waals surface area contributed by atoms with Crippen molar-refractivity contribution >= 4 is 10.8 Å². The highest BCUT2D eigenvalue weighted by Crippen LogP contribution is 2.00. The Labute approximate surface area is 91.3 Å². The van der Waals surface area contributed by atoms with Gasteiger partial charge in [0.2, 0.25) is 0 Å². The Morgan fingerprint density at radius 2 is 1.86 bits per heavy atom. The quantitative estimate of drug-likeness (QED) is 0.645. The Bertz CT molecular complexity index is 150. The van der Waals surface area contributed by atoms with E-state index in [1.54, 1.807) is 0 Å². The standard InChI is InChI=1S/C11H25NOS/c1-4-7-11(12-8-5-2)10-14(13)9-6-3/h11-12H,4-10H2,1-3H3. The van der Waals surface area contributed by atoms with Crippen LogP contribution in [0.25, 0.3) is 0 Å². The van der Waals surface area contributed by atoms with Crippen molar-refractivity contribution in [1.82, 2.24) is 5.32 Å². The number of hydrogen-bond acceptors (Lipinski definition) is 2. The van der Waals surface area contributed by atoms with Gasteiger partial charge in [0.25, 0.3) is 0 Å². The summed E-state index contributed by atoms with van der Waals surface area (Å²) >= 11 is 0. The first-order chi connectivity index (χ1) is 6.74. The molecule has 0 heterocycles. The second kappa shape index (κ2) is 9.66. The highest BCUT2D eigenvalue weighted by molar-refractivity contribution is 7.85. The van der Waals surface area contributed by atoms with E-state index in [4.69, 9.17) is 0 Å². The highest BCUT2D eigenvalue weighted by Gasteiger charge is 2.09. The minimum atomic E-state index is -0.618. The summed E-state index contributed by atoms with van der Waals surface area (Å²) in [5.41, 5.74) is 0. The van der Waals surface area contributed by atoms with Crippen LogP contribution in [0.5, 0.6) is 0 Å². The van der Waals surface area contributed by atoms with Gasteiger partial charge in [0.1, 0.15) is 0 Å². The molecule has 0 rings (SSSR count). The van der Waals surface area contributed by atoms with Gasteiger partial charge in [0, 0.05) is 28.3 Å². The zero-order valence-corrected chi connectivity index (χ0v) is 10.7. The minimum absolute atomic E-state index is 0.465. The molecule has 2 atom stereocenters. The van der Waals surface area contributed by atoms with Crippen molar-refractivity contribution in [3.63, 3.8) is 0 Å². The van der Waals surface area contributed by atoms with Crippen LogP contribution in [-0.4, -0.2) is 28.3 Å². The molecule has 86 valence electrons. The molecule has 1 N–H and O–H groups in total. The molecular formula is C11H25NOS. The van der Waals surface area contributed by atoms with Crippen LogP contribution in [-0.2, 0) is 10.8 Å². The van der Waals surface area contributed by atoms with Gasteiger partial charge in [-0.1, -0.05) is 27.2 Å². The topological polar surface area (TPSA) is 29.1 Å². The summed E-state index contributed by atoms with van der Waals surface area (Å²) in [5.74, 6) is 1.69. The maximum Gasteiger partial charge on any atom is 0.0388 e. The molecule has 0 saturated heterocycles. The molecule has 2 nitrogen and oxygen atoms in total. The lowest BCUT2D eigenvalue weighted by Gasteiger charge is -2.16. The zero-order valence-electron chi connectivity index (χ0n) is 9.84. The average molecular weight is 219 g/mol. The van der Waals surface area contributed by atoms with E-state index >= 15 is 0 Å². The van der Waals surface area contributed by atoms with Crippen LogP contribution in [0, 0.1) is 0 Å². The summed E-state index contributed by atoms with van der Waals surface area (Å²) in [6.07, 6.45) is 4.50. The van der Waals surface area contributed by atoms with Crippen molar-refractivity contribution in [2.75, 3.05) is 18.1 Å². The summed E-state index contributed by atoms with van der Waals surface area (Å²) in [6.45, 7) is 7.49. The van der Waals surface area contributed by atoms with Gasteiger partial charge in [-0.05, 0) is 25.8 Å². The summed E-state index contributed by atoms with van der Waals surface area (Å²) < 4.78 is 11.6. The van der Waals surface area contributed by atoms with Crippen LogP contribution < -0.4 is 5.32 Å². The van der Waals surface area contributed by atoms with Gasteiger partial charge in [-0.2, -0.15) is 0 Å². The maximum atomic E-state index is 11.6. The first-order valence-electron chi connectivity index (χ1n) is 5.82. The first-order valence-corrected chi connectivity index (χ1v) is 7.31. The normalized spacial score (nSPS) is 15.4. The average Bonchev–Trinajstić information content (AvgIpc) is 2.15. The molecule has 0 aliphatic heterocycles. The summed E-state index contributed by atoms with van der Waals surface area (Å²) in [7, 11) is -0.618. The summed E-state index contributed by atoms with van der Waals surface area (Å²) in [6, 6.07) is 0.465. The largest absolute Gasteiger partial charge is 0.313 e. The van der Waals surface area contributed by atoms with E-state index in [0.717, 1.165) is 37.3 Å². The molecule has 0 aliphatic carbocycles. The van der Waals surface area contributed by atoms with Gasteiger partial charge in [0.15, 0.2) is 0 Å². The van der Waals surface area contributed by atoms with E-state index in [9.17, 15) is 4.21 Å². The molecule has 0 aromatic heterocycles. The zero-order chi connectivity index (χ0) is 10.8. The Hall–Kier alpha value is 0.110. The lowest BCUT2D eigenvalue weighted by atomic mass is 10.2. The molecule has 14 heavy (non-hydrogen) atoms. The predicted molar refractivity (Wildman–Crippen MR) is 65.2 cm³/mol. The molecule has 2 unspecified atom stereocenters. The molecule has 0 saturated carbocycles. The van der Waals surface area contributed by atoms with Crippen molar-refractivity contribution < 1.29 is 4.21 Å². The molecule has 0 bridgehead atoms. The van der Waals surface area contributed by atoms with Gasteiger partial charge < -0.3 is 5.32 Å². The van der Waals surface area contributed by atoms with Crippen LogP contribution in [0.1, 0.15) is 46.5 Å². The fourth-order valence-electron chi connectivity index (χ4n) is 1.48. The molecule has 3 heteroatoms. The van der Waals surface area contributed by atoms with Crippen molar-refractivity contribution in [2.45, 2.75) is 52.5 Å². The van der Waals surface area contributed by atoms with Crippen molar-refractivity contribution in [3.05, 3.63) is 0 Å². The number of hydrogen-bond donors (Lipinski definition) is 1. The number of rotatable bonds is 9. The molecule has 0 fully saturated rings. The minimum Gasteiger partial charge on any atom is -0.313 e. The van der Waals surface area contributed by atoms with Gasteiger partial charge in [-0.25, -0.2) is 0 Å². The molecule has 0 spiro atoms. The summed E-state index contributed by atoms with van der Waals surface area (Å²) in [5, 5.41) is 3.47. The Morgan fingerprint density at radius 3 is 2.36 bits per heavy atom. The Morgan fingerprint density at radius 1 is 1.14 bits per heavy atom. The second-order valence-electron chi connectivity index (χ2n) is 3.75. The first kappa shape index (κ1) is 14.1. The predicted octanol–water partition coefficient (Wildman–Crippen LogP) is 2.31. The van der Waals surface area contributed by atoms with Gasteiger partial charge in [-0.15, -0.1) is 0 Å². The molecular weight excluding hydrogens is 194 g/mol. The third-order valence-electron chi connectivity index (χ3n) is 2.14. The SMILES string of the molecule is CCCNC(CCC)CS(=O)CCC. The van der Waals surface area contributed by atoms with Crippen LogP contribution >= 0.6 is 0 Å². The lowest BCUT2D eigenvalue weighted by Crippen LogP contribution is -2.35. The summed E-state index contributed by atoms with van der Waals surface area (Å²) in [4.78, 5) is 0. The van der Waals surface area contributed by atoms with E-state index in [1.165, 1.54) is 6.42 Å². The third-order valence-corrected chi connectivity index (χ3v) is 3.78. The van der Waals surface area contributed by atoms with E-state index < -0.39 is 10.8 Å². The van der Waals surface area contributed by atoms with Crippen LogP contribution in [0.15, 0.2) is 0 Å². The van der Waals surface area contributed by atoms with Gasteiger partial charge in [0.05, 0.1) is 0 Å². The lowest BCUT2D eigenvalue weighted by molar-refractivity contribution is 0.510. The second-order valence-corrected chi connectivity index (χ2v) is 5.37. The van der Waals surface area contributed by atoms with Crippen LogP contribution in [0.4, 0.5) is 0 Å². The Kier molecular flexibility index (Phi) is 9.73.